The molecular formula is C20H23FN2O. The summed E-state index contributed by atoms with van der Waals surface area (Å²) in [5.41, 5.74) is 3.29. The van der Waals surface area contributed by atoms with Gasteiger partial charge in [-0.25, -0.2) is 4.39 Å². The molecule has 3 nitrogen and oxygen atoms in total. The van der Waals surface area contributed by atoms with Crippen LogP contribution in [0, 0.1) is 5.82 Å². The minimum absolute atomic E-state index is 0.0670. The van der Waals surface area contributed by atoms with Crippen LogP contribution in [0.2, 0.25) is 0 Å². The zero-order valence-corrected chi connectivity index (χ0v) is 14.2. The van der Waals surface area contributed by atoms with Crippen LogP contribution in [0.15, 0.2) is 48.5 Å². The average molecular weight is 326 g/mol. The Morgan fingerprint density at radius 3 is 2.62 bits per heavy atom. The van der Waals surface area contributed by atoms with Crippen molar-refractivity contribution in [3.05, 3.63) is 65.5 Å². The Labute approximate surface area is 142 Å². The summed E-state index contributed by atoms with van der Waals surface area (Å²) in [6.45, 7) is 5.98. The number of rotatable bonds is 5. The fourth-order valence-electron chi connectivity index (χ4n) is 3.33. The fraction of sp³-hybridized carbons (Fsp3) is 0.350. The number of carbonyl (C=O) groups is 1. The monoisotopic (exact) mass is 326 g/mol. The van der Waals surface area contributed by atoms with Crippen molar-refractivity contribution < 1.29 is 9.18 Å². The molecule has 126 valence electrons. The molecule has 1 heterocycles. The fourth-order valence-corrected chi connectivity index (χ4v) is 3.33. The molecule has 0 bridgehead atoms. The van der Waals surface area contributed by atoms with Gasteiger partial charge in [0.25, 0.3) is 0 Å². The van der Waals surface area contributed by atoms with Crippen LogP contribution < -0.4 is 4.90 Å². The van der Waals surface area contributed by atoms with Crippen molar-refractivity contribution in [1.82, 2.24) is 4.90 Å². The summed E-state index contributed by atoms with van der Waals surface area (Å²) < 4.78 is 13.1. The van der Waals surface area contributed by atoms with Crippen LogP contribution >= 0.6 is 0 Å². The lowest BCUT2D eigenvalue weighted by atomic mass is 10.1. The minimum atomic E-state index is -0.237. The summed E-state index contributed by atoms with van der Waals surface area (Å²) in [4.78, 5) is 16.8. The van der Waals surface area contributed by atoms with Crippen LogP contribution in [-0.2, 0) is 11.2 Å². The summed E-state index contributed by atoms with van der Waals surface area (Å²) in [6, 6.07) is 14.7. The predicted octanol–water partition coefficient (Wildman–Crippen LogP) is 3.80. The lowest BCUT2D eigenvalue weighted by Crippen LogP contribution is -2.40. The summed E-state index contributed by atoms with van der Waals surface area (Å²) >= 11 is 0. The molecule has 0 saturated carbocycles. The minimum Gasteiger partial charge on any atom is -0.311 e. The summed E-state index contributed by atoms with van der Waals surface area (Å²) in [5, 5.41) is 0. The van der Waals surface area contributed by atoms with Crippen molar-refractivity contribution in [3.8, 4) is 0 Å². The Bertz CT molecular complexity index is 714. The van der Waals surface area contributed by atoms with E-state index in [2.05, 4.69) is 17.9 Å². The lowest BCUT2D eigenvalue weighted by molar-refractivity contribution is -0.120. The maximum atomic E-state index is 13.1. The van der Waals surface area contributed by atoms with Gasteiger partial charge in [0.2, 0.25) is 5.91 Å². The molecule has 0 unspecified atom stereocenters. The molecule has 1 aliphatic heterocycles. The topological polar surface area (TPSA) is 23.6 Å². The molecule has 2 aromatic carbocycles. The highest BCUT2D eigenvalue weighted by atomic mass is 19.1. The second kappa shape index (κ2) is 7.14. The van der Waals surface area contributed by atoms with Gasteiger partial charge in [0.15, 0.2) is 0 Å². The van der Waals surface area contributed by atoms with Gasteiger partial charge in [-0.1, -0.05) is 37.3 Å². The molecule has 3 rings (SSSR count). The average Bonchev–Trinajstić information content (AvgIpc) is 3.04. The molecule has 1 aliphatic rings. The van der Waals surface area contributed by atoms with Gasteiger partial charge in [0.1, 0.15) is 5.82 Å². The number of benzene rings is 2. The van der Waals surface area contributed by atoms with Crippen molar-refractivity contribution in [2.75, 3.05) is 24.5 Å². The van der Waals surface area contributed by atoms with Crippen LogP contribution in [0.5, 0.6) is 0 Å². The van der Waals surface area contributed by atoms with E-state index in [0.717, 1.165) is 30.8 Å². The van der Waals surface area contributed by atoms with Gasteiger partial charge in [0, 0.05) is 18.3 Å². The molecule has 1 atom stereocenters. The largest absolute Gasteiger partial charge is 0.311 e. The second-order valence-electron chi connectivity index (χ2n) is 6.21. The van der Waals surface area contributed by atoms with E-state index in [1.54, 1.807) is 12.1 Å². The first-order valence-corrected chi connectivity index (χ1v) is 8.48. The van der Waals surface area contributed by atoms with Crippen molar-refractivity contribution in [1.29, 1.82) is 0 Å². The number of halogens is 1. The molecular weight excluding hydrogens is 303 g/mol. The Hall–Kier alpha value is -2.20. The van der Waals surface area contributed by atoms with E-state index in [9.17, 15) is 9.18 Å². The maximum Gasteiger partial charge on any atom is 0.241 e. The first-order valence-electron chi connectivity index (χ1n) is 8.48. The highest BCUT2D eigenvalue weighted by molar-refractivity contribution is 5.96. The molecule has 24 heavy (non-hydrogen) atoms. The first-order chi connectivity index (χ1) is 11.6. The van der Waals surface area contributed by atoms with Gasteiger partial charge in [-0.2, -0.15) is 0 Å². The molecule has 0 N–H and O–H groups in total. The number of nitrogens with zero attached hydrogens (tertiary/aromatic N) is 2. The van der Waals surface area contributed by atoms with Gasteiger partial charge in [-0.3, -0.25) is 9.69 Å². The number of hydrogen-bond donors (Lipinski definition) is 0. The van der Waals surface area contributed by atoms with Crippen LogP contribution in [0.25, 0.3) is 0 Å². The van der Waals surface area contributed by atoms with E-state index in [-0.39, 0.29) is 17.8 Å². The van der Waals surface area contributed by atoms with Crippen LogP contribution in [0.1, 0.15) is 31.0 Å². The van der Waals surface area contributed by atoms with Crippen molar-refractivity contribution in [3.63, 3.8) is 0 Å². The summed E-state index contributed by atoms with van der Waals surface area (Å²) in [6.07, 6.45) is 0.918. The van der Waals surface area contributed by atoms with E-state index in [1.807, 2.05) is 30.0 Å². The number of amides is 1. The second-order valence-corrected chi connectivity index (χ2v) is 6.21. The normalized spacial score (nSPS) is 14.8. The summed E-state index contributed by atoms with van der Waals surface area (Å²) in [5.74, 6) is -0.116. The van der Waals surface area contributed by atoms with E-state index in [1.165, 1.54) is 17.7 Å². The Morgan fingerprint density at radius 2 is 1.92 bits per heavy atom. The van der Waals surface area contributed by atoms with Gasteiger partial charge in [-0.15, -0.1) is 0 Å². The Balaban J connectivity index is 1.71. The molecule has 4 heteroatoms. The smallest absolute Gasteiger partial charge is 0.241 e. The number of likely N-dealkylation sites (N-methyl/N-ethyl adjacent to an activating group) is 1. The third-order valence-electron chi connectivity index (χ3n) is 4.83. The van der Waals surface area contributed by atoms with Gasteiger partial charge in [-0.05, 0) is 49.2 Å². The standard InChI is InChI=1S/C20H23FN2O/c1-3-22(15(2)16-8-10-18(21)11-9-16)14-20(24)23-13-12-17-6-4-5-7-19(17)23/h4-11,15H,3,12-14H2,1-2H3/t15-/m0/s1. The predicted molar refractivity (Wildman–Crippen MR) is 94.6 cm³/mol. The number of carbonyl (C=O) groups excluding carboxylic acids is 1. The number of anilines is 1. The van der Waals surface area contributed by atoms with E-state index in [0.29, 0.717) is 6.54 Å². The lowest BCUT2D eigenvalue weighted by Gasteiger charge is -2.29. The van der Waals surface area contributed by atoms with E-state index >= 15 is 0 Å². The van der Waals surface area contributed by atoms with Crippen molar-refractivity contribution >= 4 is 11.6 Å². The van der Waals surface area contributed by atoms with Gasteiger partial charge < -0.3 is 4.90 Å². The number of para-hydroxylation sites is 1. The van der Waals surface area contributed by atoms with E-state index in [4.69, 9.17) is 0 Å². The maximum absolute atomic E-state index is 13.1. The van der Waals surface area contributed by atoms with E-state index < -0.39 is 0 Å². The summed E-state index contributed by atoms with van der Waals surface area (Å²) in [7, 11) is 0. The molecule has 1 amide bonds. The molecule has 0 saturated heterocycles. The Kier molecular flexibility index (Phi) is 4.95. The SMILES string of the molecule is CCN(CC(=O)N1CCc2ccccc21)[C@@H](C)c1ccc(F)cc1. The third-order valence-corrected chi connectivity index (χ3v) is 4.83. The molecule has 0 aromatic heterocycles. The van der Waals surface area contributed by atoms with Crippen LogP contribution in [-0.4, -0.2) is 30.4 Å². The molecule has 0 aliphatic carbocycles. The quantitative estimate of drug-likeness (QED) is 0.834. The Morgan fingerprint density at radius 1 is 1.21 bits per heavy atom. The van der Waals surface area contributed by atoms with Gasteiger partial charge in [0.05, 0.1) is 6.54 Å². The van der Waals surface area contributed by atoms with Crippen molar-refractivity contribution in [2.24, 2.45) is 0 Å². The zero-order chi connectivity index (χ0) is 17.1. The number of hydrogen-bond acceptors (Lipinski definition) is 2. The van der Waals surface area contributed by atoms with Gasteiger partial charge >= 0.3 is 0 Å². The molecule has 2 aromatic rings. The third kappa shape index (κ3) is 3.34. The zero-order valence-electron chi connectivity index (χ0n) is 14.2. The molecule has 0 radical (unpaired) electrons. The molecule has 0 fully saturated rings. The van der Waals surface area contributed by atoms with Crippen molar-refractivity contribution in [2.45, 2.75) is 26.3 Å². The first kappa shape index (κ1) is 16.7. The van der Waals surface area contributed by atoms with Crippen LogP contribution in [0.3, 0.4) is 0 Å². The van der Waals surface area contributed by atoms with Crippen LogP contribution in [0.4, 0.5) is 10.1 Å². The highest BCUT2D eigenvalue weighted by Crippen LogP contribution is 2.28. The number of fused-ring (bicyclic) bond motifs is 1. The highest BCUT2D eigenvalue weighted by Gasteiger charge is 2.26. The molecule has 0 spiro atoms.